The summed E-state index contributed by atoms with van der Waals surface area (Å²) in [5.74, 6) is 0.776. The van der Waals surface area contributed by atoms with Gasteiger partial charge in [0.25, 0.3) is 0 Å². The van der Waals surface area contributed by atoms with Crippen molar-refractivity contribution in [2.45, 2.75) is 37.8 Å². The van der Waals surface area contributed by atoms with Gasteiger partial charge in [-0.1, -0.05) is 0 Å². The Morgan fingerprint density at radius 2 is 2.00 bits per heavy atom. The Morgan fingerprint density at radius 3 is 2.78 bits per heavy atom. The van der Waals surface area contributed by atoms with Crippen LogP contribution in [0.3, 0.4) is 0 Å². The number of hydrogen-bond acceptors (Lipinski definition) is 5. The lowest BCUT2D eigenvalue weighted by Gasteiger charge is -2.28. The first kappa shape index (κ1) is 11.9. The summed E-state index contributed by atoms with van der Waals surface area (Å²) in [7, 11) is 2.05. The maximum absolute atomic E-state index is 4.55. The highest BCUT2D eigenvalue weighted by molar-refractivity contribution is 7.16. The van der Waals surface area contributed by atoms with Crippen LogP contribution in [-0.2, 0) is 0 Å². The average molecular weight is 262 g/mol. The summed E-state index contributed by atoms with van der Waals surface area (Å²) in [6.45, 7) is 0. The van der Waals surface area contributed by atoms with Crippen molar-refractivity contribution in [1.82, 2.24) is 15.3 Å². The zero-order chi connectivity index (χ0) is 12.4. The molecule has 1 fully saturated rings. The standard InChI is InChI=1S/C13H18N4S/c1-14-10-2-4-11(5-3-10)16-13-15-8-9-6-7-18-12(9)17-13/h6-8,10-11,14H,2-5H2,1H3,(H,15,16,17). The minimum Gasteiger partial charge on any atom is -0.351 e. The molecule has 0 aliphatic heterocycles. The Balaban J connectivity index is 1.65. The first-order valence-electron chi connectivity index (χ1n) is 6.49. The molecule has 0 unspecified atom stereocenters. The third-order valence-electron chi connectivity index (χ3n) is 3.68. The highest BCUT2D eigenvalue weighted by atomic mass is 32.1. The normalized spacial score (nSPS) is 24.3. The lowest BCUT2D eigenvalue weighted by molar-refractivity contribution is 0.370. The van der Waals surface area contributed by atoms with Gasteiger partial charge in [0.1, 0.15) is 4.83 Å². The van der Waals surface area contributed by atoms with Crippen molar-refractivity contribution in [3.63, 3.8) is 0 Å². The lowest BCUT2D eigenvalue weighted by atomic mass is 9.91. The second kappa shape index (κ2) is 5.20. The van der Waals surface area contributed by atoms with E-state index in [0.717, 1.165) is 16.2 Å². The molecule has 3 rings (SSSR count). The molecule has 0 spiro atoms. The molecule has 0 atom stereocenters. The summed E-state index contributed by atoms with van der Waals surface area (Å²) < 4.78 is 0. The van der Waals surface area contributed by atoms with Crippen molar-refractivity contribution >= 4 is 27.5 Å². The van der Waals surface area contributed by atoms with Crippen LogP contribution in [0.4, 0.5) is 5.95 Å². The summed E-state index contributed by atoms with van der Waals surface area (Å²) in [5, 5.41) is 10.0. The number of fused-ring (bicyclic) bond motifs is 1. The van der Waals surface area contributed by atoms with Crippen LogP contribution in [-0.4, -0.2) is 29.1 Å². The summed E-state index contributed by atoms with van der Waals surface area (Å²) in [5.41, 5.74) is 0. The number of anilines is 1. The lowest BCUT2D eigenvalue weighted by Crippen LogP contribution is -2.35. The Labute approximate surface area is 111 Å². The maximum Gasteiger partial charge on any atom is 0.224 e. The molecule has 0 amide bonds. The molecule has 0 bridgehead atoms. The van der Waals surface area contributed by atoms with Crippen molar-refractivity contribution in [2.75, 3.05) is 12.4 Å². The monoisotopic (exact) mass is 262 g/mol. The zero-order valence-corrected chi connectivity index (χ0v) is 11.3. The van der Waals surface area contributed by atoms with E-state index in [2.05, 4.69) is 32.0 Å². The van der Waals surface area contributed by atoms with Gasteiger partial charge in [0.05, 0.1) is 0 Å². The van der Waals surface area contributed by atoms with Gasteiger partial charge >= 0.3 is 0 Å². The van der Waals surface area contributed by atoms with E-state index in [1.54, 1.807) is 11.3 Å². The molecule has 96 valence electrons. The van der Waals surface area contributed by atoms with Crippen molar-refractivity contribution in [2.24, 2.45) is 0 Å². The van der Waals surface area contributed by atoms with E-state index >= 15 is 0 Å². The van der Waals surface area contributed by atoms with Crippen molar-refractivity contribution in [1.29, 1.82) is 0 Å². The van der Waals surface area contributed by atoms with E-state index in [9.17, 15) is 0 Å². The Morgan fingerprint density at radius 1 is 1.22 bits per heavy atom. The Kier molecular flexibility index (Phi) is 3.43. The van der Waals surface area contributed by atoms with Crippen LogP contribution in [0, 0.1) is 0 Å². The predicted octanol–water partition coefficient (Wildman–Crippen LogP) is 2.63. The van der Waals surface area contributed by atoms with Crippen LogP contribution < -0.4 is 10.6 Å². The molecule has 0 aromatic carbocycles. The Bertz CT molecular complexity index is 516. The molecule has 2 aromatic heterocycles. The second-order valence-corrected chi connectivity index (χ2v) is 5.75. The highest BCUT2D eigenvalue weighted by Crippen LogP contribution is 2.23. The van der Waals surface area contributed by atoms with Crippen LogP contribution in [0.25, 0.3) is 10.2 Å². The molecular weight excluding hydrogens is 244 g/mol. The van der Waals surface area contributed by atoms with Gasteiger partial charge in [0.15, 0.2) is 0 Å². The van der Waals surface area contributed by atoms with Gasteiger partial charge in [-0.05, 0) is 44.2 Å². The van der Waals surface area contributed by atoms with Gasteiger partial charge in [-0.25, -0.2) is 9.97 Å². The number of aromatic nitrogens is 2. The largest absolute Gasteiger partial charge is 0.351 e. The molecule has 18 heavy (non-hydrogen) atoms. The summed E-state index contributed by atoms with van der Waals surface area (Å²) >= 11 is 1.67. The van der Waals surface area contributed by atoms with E-state index < -0.39 is 0 Å². The fourth-order valence-electron chi connectivity index (χ4n) is 2.53. The fraction of sp³-hybridized carbons (Fsp3) is 0.538. The van der Waals surface area contributed by atoms with Gasteiger partial charge in [-0.2, -0.15) is 0 Å². The topological polar surface area (TPSA) is 49.8 Å². The van der Waals surface area contributed by atoms with E-state index in [0.29, 0.717) is 12.1 Å². The SMILES string of the molecule is CNC1CCC(Nc2ncc3ccsc3n2)CC1. The molecule has 1 saturated carbocycles. The van der Waals surface area contributed by atoms with Crippen LogP contribution in [0.1, 0.15) is 25.7 Å². The van der Waals surface area contributed by atoms with Gasteiger partial charge in [-0.3, -0.25) is 0 Å². The van der Waals surface area contributed by atoms with E-state index in [1.165, 1.54) is 25.7 Å². The summed E-state index contributed by atoms with van der Waals surface area (Å²) in [4.78, 5) is 10.00. The average Bonchev–Trinajstić information content (AvgIpc) is 2.87. The molecule has 2 aromatic rings. The highest BCUT2D eigenvalue weighted by Gasteiger charge is 2.20. The van der Waals surface area contributed by atoms with Crippen LogP contribution in [0.5, 0.6) is 0 Å². The third kappa shape index (κ3) is 2.47. The van der Waals surface area contributed by atoms with Gasteiger partial charge in [0.2, 0.25) is 5.95 Å². The van der Waals surface area contributed by atoms with Crippen LogP contribution in [0.2, 0.25) is 0 Å². The summed E-state index contributed by atoms with van der Waals surface area (Å²) in [6, 6.07) is 3.26. The summed E-state index contributed by atoms with van der Waals surface area (Å²) in [6.07, 6.45) is 6.75. The predicted molar refractivity (Wildman–Crippen MR) is 76.1 cm³/mol. The van der Waals surface area contributed by atoms with E-state index in [1.807, 2.05) is 13.2 Å². The van der Waals surface area contributed by atoms with Crippen molar-refractivity contribution in [3.8, 4) is 0 Å². The molecule has 0 radical (unpaired) electrons. The van der Waals surface area contributed by atoms with Crippen molar-refractivity contribution < 1.29 is 0 Å². The van der Waals surface area contributed by atoms with Crippen LogP contribution >= 0.6 is 11.3 Å². The number of nitrogens with zero attached hydrogens (tertiary/aromatic N) is 2. The molecule has 0 saturated heterocycles. The number of hydrogen-bond donors (Lipinski definition) is 2. The first-order valence-corrected chi connectivity index (χ1v) is 7.37. The quantitative estimate of drug-likeness (QED) is 0.893. The number of nitrogens with one attached hydrogen (secondary N) is 2. The zero-order valence-electron chi connectivity index (χ0n) is 10.5. The molecule has 2 N–H and O–H groups in total. The fourth-order valence-corrected chi connectivity index (χ4v) is 3.27. The van der Waals surface area contributed by atoms with Gasteiger partial charge < -0.3 is 10.6 Å². The molecule has 1 aliphatic rings. The second-order valence-electron chi connectivity index (χ2n) is 4.86. The van der Waals surface area contributed by atoms with Gasteiger partial charge in [-0.15, -0.1) is 11.3 Å². The third-order valence-corrected chi connectivity index (χ3v) is 4.50. The van der Waals surface area contributed by atoms with Crippen molar-refractivity contribution in [3.05, 3.63) is 17.6 Å². The molecule has 4 nitrogen and oxygen atoms in total. The Hall–Kier alpha value is -1.20. The minimum atomic E-state index is 0.520. The number of thiophene rings is 1. The first-order chi connectivity index (χ1) is 8.85. The van der Waals surface area contributed by atoms with E-state index in [4.69, 9.17) is 0 Å². The molecular formula is C13H18N4S. The van der Waals surface area contributed by atoms with Gasteiger partial charge in [0, 0.05) is 23.7 Å². The smallest absolute Gasteiger partial charge is 0.224 e. The minimum absolute atomic E-state index is 0.520. The molecule has 5 heteroatoms. The number of rotatable bonds is 3. The molecule has 1 aliphatic carbocycles. The van der Waals surface area contributed by atoms with E-state index in [-0.39, 0.29) is 0 Å². The van der Waals surface area contributed by atoms with Crippen LogP contribution in [0.15, 0.2) is 17.6 Å². The molecule has 2 heterocycles. The maximum atomic E-state index is 4.55.